The van der Waals surface area contributed by atoms with Crippen molar-refractivity contribution < 1.29 is 14.6 Å². The monoisotopic (exact) mass is 246 g/mol. The van der Waals surface area contributed by atoms with Crippen LogP contribution >= 0.6 is 0 Å². The van der Waals surface area contributed by atoms with E-state index in [0.29, 0.717) is 12.5 Å². The first kappa shape index (κ1) is 14.9. The fraction of sp³-hybridized carbons (Fsp3) is 1.00. The van der Waals surface area contributed by atoms with Gasteiger partial charge in [0.1, 0.15) is 6.10 Å². The summed E-state index contributed by atoms with van der Waals surface area (Å²) in [7, 11) is 0. The Hall–Kier alpha value is -0.200. The van der Waals surface area contributed by atoms with Crippen LogP contribution in [0.4, 0.5) is 0 Å². The van der Waals surface area contributed by atoms with Crippen molar-refractivity contribution in [3.05, 3.63) is 0 Å². The van der Waals surface area contributed by atoms with E-state index < -0.39 is 12.4 Å². The van der Waals surface area contributed by atoms with Crippen LogP contribution in [0.1, 0.15) is 27.7 Å². The highest BCUT2D eigenvalue weighted by Gasteiger charge is 2.44. The Morgan fingerprint density at radius 3 is 2.29 bits per heavy atom. The van der Waals surface area contributed by atoms with Gasteiger partial charge in [-0.2, -0.15) is 0 Å². The molecule has 5 atom stereocenters. The maximum absolute atomic E-state index is 10.1. The second-order valence-corrected chi connectivity index (χ2v) is 5.35. The number of rotatable bonds is 4. The van der Waals surface area contributed by atoms with E-state index in [2.05, 4.69) is 13.8 Å². The van der Waals surface area contributed by atoms with E-state index in [-0.39, 0.29) is 24.2 Å². The van der Waals surface area contributed by atoms with Crippen molar-refractivity contribution in [3.63, 3.8) is 0 Å². The minimum Gasteiger partial charge on any atom is -0.386 e. The van der Waals surface area contributed by atoms with Crippen molar-refractivity contribution >= 4 is 0 Å². The van der Waals surface area contributed by atoms with Crippen molar-refractivity contribution in [1.82, 2.24) is 0 Å². The van der Waals surface area contributed by atoms with Gasteiger partial charge in [-0.15, -0.1) is 0 Å². The molecule has 0 aromatic rings. The van der Waals surface area contributed by atoms with Gasteiger partial charge < -0.3 is 26.0 Å². The highest BCUT2D eigenvalue weighted by molar-refractivity contribution is 4.93. The number of hydrogen-bond acceptors (Lipinski definition) is 5. The molecule has 0 aliphatic carbocycles. The molecule has 1 saturated heterocycles. The van der Waals surface area contributed by atoms with E-state index in [1.165, 1.54) is 0 Å². The van der Waals surface area contributed by atoms with Gasteiger partial charge in [0.2, 0.25) is 0 Å². The van der Waals surface area contributed by atoms with Gasteiger partial charge in [0.25, 0.3) is 0 Å². The van der Waals surface area contributed by atoms with Crippen molar-refractivity contribution in [2.75, 3.05) is 6.54 Å². The average Bonchev–Trinajstić information content (AvgIpc) is 2.23. The molecule has 1 rings (SSSR count). The standard InChI is InChI=1S/C12H26N2O3/c1-6(2)9-8(5-13)17-12(16-7(3)4)11(15)10(9)14/h6-12,15H,5,13-14H2,1-4H3/t8?,9-,10-,11?,12+/m0/s1. The highest BCUT2D eigenvalue weighted by Crippen LogP contribution is 2.30. The molecule has 0 amide bonds. The number of aliphatic hydroxyl groups is 1. The number of ether oxygens (including phenoxy) is 2. The predicted molar refractivity (Wildman–Crippen MR) is 66.2 cm³/mol. The fourth-order valence-corrected chi connectivity index (χ4v) is 2.47. The topological polar surface area (TPSA) is 90.7 Å². The first-order valence-corrected chi connectivity index (χ1v) is 6.33. The average molecular weight is 246 g/mol. The third-order valence-corrected chi connectivity index (χ3v) is 3.26. The smallest absolute Gasteiger partial charge is 0.185 e. The molecule has 0 bridgehead atoms. The van der Waals surface area contributed by atoms with Gasteiger partial charge in [0.05, 0.1) is 12.2 Å². The minimum atomic E-state index is -0.799. The molecule has 0 spiro atoms. The van der Waals surface area contributed by atoms with E-state index in [1.54, 1.807) is 0 Å². The molecule has 1 heterocycles. The maximum Gasteiger partial charge on any atom is 0.185 e. The Morgan fingerprint density at radius 2 is 1.88 bits per heavy atom. The summed E-state index contributed by atoms with van der Waals surface area (Å²) < 4.78 is 11.3. The van der Waals surface area contributed by atoms with Crippen LogP contribution in [0.3, 0.4) is 0 Å². The molecule has 1 aliphatic heterocycles. The number of hydrogen-bond donors (Lipinski definition) is 3. The van der Waals surface area contributed by atoms with Gasteiger partial charge in [-0.25, -0.2) is 0 Å². The molecule has 0 saturated carbocycles. The summed E-state index contributed by atoms with van der Waals surface area (Å²) in [6.07, 6.45) is -1.64. The van der Waals surface area contributed by atoms with Crippen molar-refractivity contribution in [2.24, 2.45) is 23.3 Å². The summed E-state index contributed by atoms with van der Waals surface area (Å²) >= 11 is 0. The summed E-state index contributed by atoms with van der Waals surface area (Å²) in [6, 6.07) is -0.360. The van der Waals surface area contributed by atoms with Gasteiger partial charge >= 0.3 is 0 Å². The second kappa shape index (κ2) is 6.11. The van der Waals surface area contributed by atoms with Gasteiger partial charge in [-0.3, -0.25) is 0 Å². The minimum absolute atomic E-state index is 0.0177. The Labute approximate surface area is 103 Å². The van der Waals surface area contributed by atoms with E-state index in [1.807, 2.05) is 13.8 Å². The van der Waals surface area contributed by atoms with Gasteiger partial charge in [-0.05, 0) is 19.8 Å². The molecule has 17 heavy (non-hydrogen) atoms. The van der Waals surface area contributed by atoms with Crippen molar-refractivity contribution in [1.29, 1.82) is 0 Å². The first-order chi connectivity index (χ1) is 7.88. The zero-order valence-corrected chi connectivity index (χ0v) is 11.2. The molecule has 102 valence electrons. The molecule has 5 N–H and O–H groups in total. The quantitative estimate of drug-likeness (QED) is 0.652. The zero-order chi connectivity index (χ0) is 13.2. The molecule has 1 aliphatic rings. The van der Waals surface area contributed by atoms with E-state index in [0.717, 1.165) is 0 Å². The largest absolute Gasteiger partial charge is 0.386 e. The molecule has 0 aromatic heterocycles. The van der Waals surface area contributed by atoms with Crippen molar-refractivity contribution in [2.45, 2.75) is 58.3 Å². The van der Waals surface area contributed by atoms with Gasteiger partial charge in [0.15, 0.2) is 6.29 Å². The summed E-state index contributed by atoms with van der Waals surface area (Å²) in [5.41, 5.74) is 11.8. The van der Waals surface area contributed by atoms with Crippen LogP contribution < -0.4 is 11.5 Å². The number of aliphatic hydroxyl groups excluding tert-OH is 1. The predicted octanol–water partition coefficient (Wildman–Crippen LogP) is 0.0554. The lowest BCUT2D eigenvalue weighted by Gasteiger charge is -2.45. The van der Waals surface area contributed by atoms with E-state index in [9.17, 15) is 5.11 Å². The van der Waals surface area contributed by atoms with E-state index >= 15 is 0 Å². The summed E-state index contributed by atoms with van der Waals surface area (Å²) in [5, 5.41) is 10.1. The lowest BCUT2D eigenvalue weighted by molar-refractivity contribution is -0.273. The first-order valence-electron chi connectivity index (χ1n) is 6.33. The summed E-state index contributed by atoms with van der Waals surface area (Å²) in [5.74, 6) is 0.371. The molecule has 5 heteroatoms. The Bertz CT molecular complexity index is 232. The third kappa shape index (κ3) is 3.39. The third-order valence-electron chi connectivity index (χ3n) is 3.26. The van der Waals surface area contributed by atoms with Crippen LogP contribution in [-0.2, 0) is 9.47 Å². The van der Waals surface area contributed by atoms with Crippen LogP contribution in [0.5, 0.6) is 0 Å². The van der Waals surface area contributed by atoms with Crippen LogP contribution in [0.25, 0.3) is 0 Å². The molecular formula is C12H26N2O3. The van der Waals surface area contributed by atoms with E-state index in [4.69, 9.17) is 20.9 Å². The molecular weight excluding hydrogens is 220 g/mol. The fourth-order valence-electron chi connectivity index (χ4n) is 2.47. The lowest BCUT2D eigenvalue weighted by atomic mass is 9.79. The summed E-state index contributed by atoms with van der Waals surface area (Å²) in [6.45, 7) is 8.31. The van der Waals surface area contributed by atoms with Crippen LogP contribution in [-0.4, -0.2) is 42.3 Å². The molecule has 5 nitrogen and oxygen atoms in total. The molecule has 0 radical (unpaired) electrons. The molecule has 0 aromatic carbocycles. The maximum atomic E-state index is 10.1. The normalized spacial score (nSPS) is 39.0. The van der Waals surface area contributed by atoms with Crippen LogP contribution in [0, 0.1) is 11.8 Å². The molecule has 1 fully saturated rings. The summed E-state index contributed by atoms with van der Waals surface area (Å²) in [4.78, 5) is 0. The second-order valence-electron chi connectivity index (χ2n) is 5.35. The Morgan fingerprint density at radius 1 is 1.29 bits per heavy atom. The van der Waals surface area contributed by atoms with Crippen LogP contribution in [0.2, 0.25) is 0 Å². The van der Waals surface area contributed by atoms with Crippen molar-refractivity contribution in [3.8, 4) is 0 Å². The van der Waals surface area contributed by atoms with Gasteiger partial charge in [0, 0.05) is 18.5 Å². The van der Waals surface area contributed by atoms with Crippen LogP contribution in [0.15, 0.2) is 0 Å². The SMILES string of the molecule is CC(C)O[C@@H]1OC(CN)[C@H](C(C)C)[C@H](N)C1O. The van der Waals surface area contributed by atoms with Gasteiger partial charge in [-0.1, -0.05) is 13.8 Å². The Balaban J connectivity index is 2.78. The highest BCUT2D eigenvalue weighted by atomic mass is 16.7. The Kier molecular flexibility index (Phi) is 5.34. The lowest BCUT2D eigenvalue weighted by Crippen LogP contribution is -2.62. The zero-order valence-electron chi connectivity index (χ0n) is 11.2. The number of nitrogens with two attached hydrogens (primary N) is 2. The molecule has 2 unspecified atom stereocenters.